The Morgan fingerprint density at radius 1 is 1.03 bits per heavy atom. The molecule has 9 heteroatoms. The van der Waals surface area contributed by atoms with Gasteiger partial charge in [0, 0.05) is 31.2 Å². The quantitative estimate of drug-likeness (QED) is 0.673. The highest BCUT2D eigenvalue weighted by molar-refractivity contribution is 7.96. The van der Waals surface area contributed by atoms with Crippen LogP contribution in [0.25, 0.3) is 0 Å². The van der Waals surface area contributed by atoms with Crippen molar-refractivity contribution < 1.29 is 21.6 Å². The predicted octanol–water partition coefficient (Wildman–Crippen LogP) is 1.62. The molecule has 0 radical (unpaired) electrons. The summed E-state index contributed by atoms with van der Waals surface area (Å²) in [5, 5.41) is 2.31. The summed E-state index contributed by atoms with van der Waals surface area (Å²) in [6.45, 7) is 13.8. The van der Waals surface area contributed by atoms with Crippen LogP contribution in [-0.4, -0.2) is 82.9 Å². The number of benzene rings is 1. The molecule has 1 aromatic carbocycles. The highest BCUT2D eigenvalue weighted by atomic mass is 32.2. The van der Waals surface area contributed by atoms with E-state index in [2.05, 4.69) is 44.8 Å². The number of ether oxygens (including phenoxy) is 1. The SMILES string of the molecule is CC(C)(C)c1ccc(S(=O)(=O)[C@H]2CS(=O)(=O)C[C@@H]2NCC(C)(C)N2CCOCC2)cc1. The lowest BCUT2D eigenvalue weighted by atomic mass is 9.87. The molecule has 2 aliphatic heterocycles. The monoisotopic (exact) mass is 472 g/mol. The molecule has 0 aromatic heterocycles. The number of morpholine rings is 1. The van der Waals surface area contributed by atoms with Gasteiger partial charge in [-0.25, -0.2) is 16.8 Å². The lowest BCUT2D eigenvalue weighted by Gasteiger charge is -2.41. The van der Waals surface area contributed by atoms with E-state index in [1.165, 1.54) is 0 Å². The summed E-state index contributed by atoms with van der Waals surface area (Å²) in [5.74, 6) is -0.498. The van der Waals surface area contributed by atoms with E-state index in [1.807, 2.05) is 12.1 Å². The van der Waals surface area contributed by atoms with Gasteiger partial charge >= 0.3 is 0 Å². The Balaban J connectivity index is 1.79. The van der Waals surface area contributed by atoms with Crippen molar-refractivity contribution in [3.63, 3.8) is 0 Å². The molecule has 31 heavy (non-hydrogen) atoms. The van der Waals surface area contributed by atoms with E-state index in [9.17, 15) is 16.8 Å². The highest BCUT2D eigenvalue weighted by Gasteiger charge is 2.46. The fraction of sp³-hybridized carbons (Fsp3) is 0.727. The number of nitrogens with one attached hydrogen (secondary N) is 1. The summed E-state index contributed by atoms with van der Waals surface area (Å²) in [6.07, 6.45) is 0. The fourth-order valence-corrected chi connectivity index (χ4v) is 9.01. The first-order valence-electron chi connectivity index (χ1n) is 10.8. The Hall–Kier alpha value is -1.00. The lowest BCUT2D eigenvalue weighted by molar-refractivity contribution is -0.0101. The van der Waals surface area contributed by atoms with Gasteiger partial charge in [-0.3, -0.25) is 4.90 Å². The minimum Gasteiger partial charge on any atom is -0.379 e. The van der Waals surface area contributed by atoms with Crippen LogP contribution in [0.3, 0.4) is 0 Å². The molecular weight excluding hydrogens is 436 g/mol. The molecular formula is C22H36N2O5S2. The van der Waals surface area contributed by atoms with Crippen molar-refractivity contribution in [2.45, 2.75) is 61.8 Å². The summed E-state index contributed by atoms with van der Waals surface area (Å²) < 4.78 is 57.0. The largest absolute Gasteiger partial charge is 0.379 e. The van der Waals surface area contributed by atoms with Gasteiger partial charge in [0.25, 0.3) is 0 Å². The van der Waals surface area contributed by atoms with E-state index < -0.39 is 31.0 Å². The first kappa shape index (κ1) is 24.6. The standard InChI is InChI=1S/C22H36N2O5S2/c1-21(2,3)17-6-8-18(9-7-17)31(27,28)20-15-30(25,26)14-19(20)23-16-22(4,5)24-10-12-29-13-11-24/h6-9,19-20,23H,10-16H2,1-5H3/t19-,20-/m0/s1. The van der Waals surface area contributed by atoms with Gasteiger partial charge in [-0.05, 0) is 37.0 Å². The van der Waals surface area contributed by atoms with E-state index in [-0.39, 0.29) is 27.4 Å². The van der Waals surface area contributed by atoms with Gasteiger partial charge in [0.15, 0.2) is 19.7 Å². The molecule has 2 aliphatic rings. The molecule has 0 unspecified atom stereocenters. The molecule has 0 aliphatic carbocycles. The van der Waals surface area contributed by atoms with E-state index >= 15 is 0 Å². The van der Waals surface area contributed by atoms with Crippen LogP contribution in [0.4, 0.5) is 0 Å². The van der Waals surface area contributed by atoms with Gasteiger partial charge in [-0.15, -0.1) is 0 Å². The molecule has 3 rings (SSSR count). The maximum atomic E-state index is 13.4. The average Bonchev–Trinajstić information content (AvgIpc) is 3.02. The Morgan fingerprint density at radius 2 is 1.61 bits per heavy atom. The molecule has 1 N–H and O–H groups in total. The molecule has 2 atom stereocenters. The minimum absolute atomic E-state index is 0.0891. The second-order valence-electron chi connectivity index (χ2n) is 10.3. The van der Waals surface area contributed by atoms with E-state index in [0.717, 1.165) is 18.7 Å². The molecule has 2 fully saturated rings. The Labute approximate surface area is 187 Å². The minimum atomic E-state index is -3.79. The molecule has 176 valence electrons. The molecule has 2 heterocycles. The van der Waals surface area contributed by atoms with Crippen molar-refractivity contribution in [2.75, 3.05) is 44.4 Å². The number of rotatable bonds is 6. The van der Waals surface area contributed by atoms with Gasteiger partial charge < -0.3 is 10.1 Å². The molecule has 7 nitrogen and oxygen atoms in total. The lowest BCUT2D eigenvalue weighted by Crippen LogP contribution is -2.57. The number of hydrogen-bond donors (Lipinski definition) is 1. The third-order valence-electron chi connectivity index (χ3n) is 6.41. The summed E-state index contributed by atoms with van der Waals surface area (Å²) in [4.78, 5) is 2.48. The highest BCUT2D eigenvalue weighted by Crippen LogP contribution is 2.29. The summed E-state index contributed by atoms with van der Waals surface area (Å²) >= 11 is 0. The van der Waals surface area contributed by atoms with Crippen LogP contribution >= 0.6 is 0 Å². The van der Waals surface area contributed by atoms with Crippen molar-refractivity contribution >= 4 is 19.7 Å². The van der Waals surface area contributed by atoms with Crippen molar-refractivity contribution in [2.24, 2.45) is 0 Å². The first-order valence-corrected chi connectivity index (χ1v) is 14.2. The van der Waals surface area contributed by atoms with Crippen LogP contribution in [0, 0.1) is 0 Å². The van der Waals surface area contributed by atoms with Gasteiger partial charge in [0.05, 0.1) is 34.9 Å². The van der Waals surface area contributed by atoms with Crippen LogP contribution in [-0.2, 0) is 29.8 Å². The van der Waals surface area contributed by atoms with Crippen LogP contribution in [0.5, 0.6) is 0 Å². The van der Waals surface area contributed by atoms with Gasteiger partial charge in [0.2, 0.25) is 0 Å². The summed E-state index contributed by atoms with van der Waals surface area (Å²) in [7, 11) is -7.22. The van der Waals surface area contributed by atoms with Crippen LogP contribution in [0.2, 0.25) is 0 Å². The van der Waals surface area contributed by atoms with Crippen LogP contribution < -0.4 is 5.32 Å². The Kier molecular flexibility index (Phi) is 6.95. The van der Waals surface area contributed by atoms with Crippen molar-refractivity contribution in [1.82, 2.24) is 10.2 Å². The number of nitrogens with zero attached hydrogens (tertiary/aromatic N) is 1. The molecule has 2 saturated heterocycles. The number of sulfone groups is 2. The molecule has 0 saturated carbocycles. The summed E-state index contributed by atoms with van der Waals surface area (Å²) in [5.41, 5.74) is 0.708. The molecule has 0 amide bonds. The third kappa shape index (κ3) is 5.68. The number of hydrogen-bond acceptors (Lipinski definition) is 7. The van der Waals surface area contributed by atoms with Gasteiger partial charge in [-0.1, -0.05) is 32.9 Å². The van der Waals surface area contributed by atoms with E-state index in [0.29, 0.717) is 19.8 Å². The molecule has 0 bridgehead atoms. The Morgan fingerprint density at radius 3 is 2.16 bits per heavy atom. The topological polar surface area (TPSA) is 92.8 Å². The van der Waals surface area contributed by atoms with Gasteiger partial charge in [0.1, 0.15) is 0 Å². The van der Waals surface area contributed by atoms with E-state index in [4.69, 9.17) is 4.74 Å². The van der Waals surface area contributed by atoms with Crippen molar-refractivity contribution in [3.8, 4) is 0 Å². The normalized spacial score (nSPS) is 25.6. The van der Waals surface area contributed by atoms with Crippen molar-refractivity contribution in [3.05, 3.63) is 29.8 Å². The third-order valence-corrected chi connectivity index (χ3v) is 10.6. The van der Waals surface area contributed by atoms with Gasteiger partial charge in [-0.2, -0.15) is 0 Å². The van der Waals surface area contributed by atoms with Crippen LogP contribution in [0.1, 0.15) is 40.2 Å². The van der Waals surface area contributed by atoms with Crippen LogP contribution in [0.15, 0.2) is 29.2 Å². The first-order chi connectivity index (χ1) is 14.2. The zero-order chi connectivity index (χ0) is 23.1. The van der Waals surface area contributed by atoms with E-state index in [1.54, 1.807) is 12.1 Å². The maximum Gasteiger partial charge on any atom is 0.183 e. The molecule has 0 spiro atoms. The van der Waals surface area contributed by atoms with Crippen molar-refractivity contribution in [1.29, 1.82) is 0 Å². The predicted molar refractivity (Wildman–Crippen MR) is 123 cm³/mol. The zero-order valence-corrected chi connectivity index (χ0v) is 20.9. The smallest absolute Gasteiger partial charge is 0.183 e. The Bertz CT molecular complexity index is 974. The molecule has 1 aromatic rings. The zero-order valence-electron chi connectivity index (χ0n) is 19.2. The fourth-order valence-electron chi connectivity index (χ4n) is 4.29. The second-order valence-corrected chi connectivity index (χ2v) is 14.7. The average molecular weight is 473 g/mol. The second kappa shape index (κ2) is 8.74. The summed E-state index contributed by atoms with van der Waals surface area (Å²) in [6, 6.07) is 6.23. The maximum absolute atomic E-state index is 13.4.